The quantitative estimate of drug-likeness (QED) is 0.894. The van der Waals surface area contributed by atoms with Gasteiger partial charge < -0.3 is 5.11 Å². The van der Waals surface area contributed by atoms with Gasteiger partial charge in [0.1, 0.15) is 0 Å². The molecule has 0 aliphatic rings. The molecule has 3 heteroatoms. The normalized spacial score (nSPS) is 12.6. The molecule has 1 unspecified atom stereocenters. The van der Waals surface area contributed by atoms with E-state index < -0.39 is 6.10 Å². The maximum Gasteiger partial charge on any atom is 0.0861 e. The molecule has 0 bridgehead atoms. The highest BCUT2D eigenvalue weighted by atomic mass is 16.3. The largest absolute Gasteiger partial charge is 0.388 e. The Morgan fingerprint density at radius 2 is 1.95 bits per heavy atom. The van der Waals surface area contributed by atoms with Crippen LogP contribution in [0.4, 0.5) is 0 Å². The lowest BCUT2D eigenvalue weighted by molar-refractivity contribution is 0.178. The van der Waals surface area contributed by atoms with Crippen molar-refractivity contribution < 1.29 is 5.11 Å². The summed E-state index contributed by atoms with van der Waals surface area (Å²) in [4.78, 5) is 0. The highest BCUT2D eigenvalue weighted by molar-refractivity contribution is 5.34. The molecule has 0 saturated carbocycles. The van der Waals surface area contributed by atoms with Crippen LogP contribution in [-0.2, 0) is 13.0 Å². The summed E-state index contributed by atoms with van der Waals surface area (Å²) in [5.41, 5.74) is 4.61. The average molecular weight is 258 g/mol. The lowest BCUT2D eigenvalue weighted by Crippen LogP contribution is -2.04. The van der Waals surface area contributed by atoms with Gasteiger partial charge in [-0.2, -0.15) is 5.10 Å². The van der Waals surface area contributed by atoms with Crippen molar-refractivity contribution in [1.29, 1.82) is 0 Å². The summed E-state index contributed by atoms with van der Waals surface area (Å²) in [5.74, 6) is 0. The van der Waals surface area contributed by atoms with E-state index in [0.717, 1.165) is 18.5 Å². The molecule has 2 rings (SSSR count). The molecule has 1 aromatic carbocycles. The van der Waals surface area contributed by atoms with Crippen molar-refractivity contribution in [1.82, 2.24) is 9.78 Å². The molecule has 3 nitrogen and oxygen atoms in total. The zero-order chi connectivity index (χ0) is 13.8. The molecule has 0 radical (unpaired) electrons. The molecular weight excluding hydrogens is 236 g/mol. The second-order valence-electron chi connectivity index (χ2n) is 5.13. The second kappa shape index (κ2) is 6.02. The summed E-state index contributed by atoms with van der Waals surface area (Å²) in [6.07, 6.45) is 4.94. The summed E-state index contributed by atoms with van der Waals surface area (Å²) < 4.78 is 1.89. The Hall–Kier alpha value is -1.61. The van der Waals surface area contributed by atoms with Gasteiger partial charge in [-0.3, -0.25) is 4.68 Å². The minimum absolute atomic E-state index is 0.481. The van der Waals surface area contributed by atoms with E-state index in [-0.39, 0.29) is 0 Å². The van der Waals surface area contributed by atoms with Gasteiger partial charge >= 0.3 is 0 Å². The third kappa shape index (κ3) is 3.24. The topological polar surface area (TPSA) is 38.0 Å². The van der Waals surface area contributed by atoms with Gasteiger partial charge in [0.15, 0.2) is 0 Å². The number of rotatable bonds is 5. The van der Waals surface area contributed by atoms with E-state index in [2.05, 4.69) is 44.1 Å². The monoisotopic (exact) mass is 258 g/mol. The number of aliphatic hydroxyl groups is 1. The molecular formula is C16H22N2O. The summed E-state index contributed by atoms with van der Waals surface area (Å²) in [5, 5.41) is 14.6. The minimum atomic E-state index is -0.481. The van der Waals surface area contributed by atoms with Gasteiger partial charge in [-0.15, -0.1) is 0 Å². The fraction of sp³-hybridized carbons (Fsp3) is 0.438. The predicted octanol–water partition coefficient (Wildman–Crippen LogP) is 3.19. The summed E-state index contributed by atoms with van der Waals surface area (Å²) >= 11 is 0. The molecule has 0 spiro atoms. The molecule has 102 valence electrons. The maximum atomic E-state index is 10.4. The van der Waals surface area contributed by atoms with Crippen molar-refractivity contribution in [2.24, 2.45) is 0 Å². The first-order valence-electron chi connectivity index (χ1n) is 6.87. The smallest absolute Gasteiger partial charge is 0.0861 e. The van der Waals surface area contributed by atoms with Crippen LogP contribution in [0.3, 0.4) is 0 Å². The van der Waals surface area contributed by atoms with Crippen LogP contribution in [0.2, 0.25) is 0 Å². The fourth-order valence-electron chi connectivity index (χ4n) is 2.39. The SMILES string of the molecule is CCCn1cc(C(O)Cc2c(C)cccc2C)cn1. The summed E-state index contributed by atoms with van der Waals surface area (Å²) in [6, 6.07) is 6.24. The standard InChI is InChI=1S/C16H22N2O/c1-4-8-18-11-14(10-17-18)16(19)9-15-12(2)6-5-7-13(15)3/h5-7,10-11,16,19H,4,8-9H2,1-3H3. The Bertz CT molecular complexity index is 525. The van der Waals surface area contributed by atoms with Gasteiger partial charge in [0.05, 0.1) is 12.3 Å². The number of aliphatic hydroxyl groups excluding tert-OH is 1. The van der Waals surface area contributed by atoms with Crippen LogP contribution in [0.25, 0.3) is 0 Å². The van der Waals surface area contributed by atoms with Crippen LogP contribution in [0.1, 0.15) is 41.7 Å². The molecule has 0 saturated heterocycles. The van der Waals surface area contributed by atoms with Gasteiger partial charge in [0.25, 0.3) is 0 Å². The Morgan fingerprint density at radius 1 is 1.26 bits per heavy atom. The van der Waals surface area contributed by atoms with Crippen LogP contribution in [0.5, 0.6) is 0 Å². The van der Waals surface area contributed by atoms with Crippen molar-refractivity contribution >= 4 is 0 Å². The van der Waals surface area contributed by atoms with Crippen molar-refractivity contribution in [3.63, 3.8) is 0 Å². The molecule has 0 aliphatic carbocycles. The van der Waals surface area contributed by atoms with Crippen molar-refractivity contribution in [3.05, 3.63) is 52.8 Å². The third-order valence-electron chi connectivity index (χ3n) is 3.53. The molecule has 1 heterocycles. The highest BCUT2D eigenvalue weighted by Crippen LogP contribution is 2.22. The van der Waals surface area contributed by atoms with Crippen LogP contribution < -0.4 is 0 Å². The number of aromatic nitrogens is 2. The summed E-state index contributed by atoms with van der Waals surface area (Å²) in [6.45, 7) is 7.20. The van der Waals surface area contributed by atoms with Gasteiger partial charge in [0, 0.05) is 24.7 Å². The van der Waals surface area contributed by atoms with Gasteiger partial charge in [-0.1, -0.05) is 25.1 Å². The molecule has 0 amide bonds. The molecule has 19 heavy (non-hydrogen) atoms. The first kappa shape index (κ1) is 13.8. The van der Waals surface area contributed by atoms with Gasteiger partial charge in [0.2, 0.25) is 0 Å². The Morgan fingerprint density at radius 3 is 2.58 bits per heavy atom. The van der Waals surface area contributed by atoms with E-state index in [0.29, 0.717) is 6.42 Å². The first-order chi connectivity index (χ1) is 9.11. The molecule has 1 N–H and O–H groups in total. The number of aryl methyl sites for hydroxylation is 3. The molecule has 2 aromatic rings. The molecule has 1 aromatic heterocycles. The highest BCUT2D eigenvalue weighted by Gasteiger charge is 2.13. The third-order valence-corrected chi connectivity index (χ3v) is 3.53. The Balaban J connectivity index is 2.13. The van der Waals surface area contributed by atoms with Crippen molar-refractivity contribution in [2.75, 3.05) is 0 Å². The average Bonchev–Trinajstić information content (AvgIpc) is 2.83. The molecule has 0 aliphatic heterocycles. The van der Waals surface area contributed by atoms with E-state index in [1.54, 1.807) is 6.20 Å². The van der Waals surface area contributed by atoms with Gasteiger partial charge in [-0.05, 0) is 37.0 Å². The van der Waals surface area contributed by atoms with Crippen LogP contribution in [-0.4, -0.2) is 14.9 Å². The number of benzene rings is 1. The number of hydrogen-bond donors (Lipinski definition) is 1. The van der Waals surface area contributed by atoms with Gasteiger partial charge in [-0.25, -0.2) is 0 Å². The van der Waals surface area contributed by atoms with E-state index in [1.807, 2.05) is 10.9 Å². The van der Waals surface area contributed by atoms with Crippen LogP contribution in [0, 0.1) is 13.8 Å². The Labute approximate surface area is 114 Å². The first-order valence-corrected chi connectivity index (χ1v) is 6.87. The van der Waals surface area contributed by atoms with Crippen molar-refractivity contribution in [3.8, 4) is 0 Å². The van der Waals surface area contributed by atoms with E-state index >= 15 is 0 Å². The van der Waals surface area contributed by atoms with E-state index in [4.69, 9.17) is 0 Å². The predicted molar refractivity (Wildman–Crippen MR) is 77.1 cm³/mol. The Kier molecular flexibility index (Phi) is 4.38. The number of hydrogen-bond acceptors (Lipinski definition) is 2. The van der Waals surface area contributed by atoms with Crippen LogP contribution in [0.15, 0.2) is 30.6 Å². The lowest BCUT2D eigenvalue weighted by atomic mass is 9.96. The van der Waals surface area contributed by atoms with Crippen LogP contribution >= 0.6 is 0 Å². The van der Waals surface area contributed by atoms with E-state index in [1.165, 1.54) is 16.7 Å². The second-order valence-corrected chi connectivity index (χ2v) is 5.13. The van der Waals surface area contributed by atoms with E-state index in [9.17, 15) is 5.11 Å². The lowest BCUT2D eigenvalue weighted by Gasteiger charge is -2.13. The molecule has 1 atom stereocenters. The fourth-order valence-corrected chi connectivity index (χ4v) is 2.39. The minimum Gasteiger partial charge on any atom is -0.388 e. The maximum absolute atomic E-state index is 10.4. The zero-order valence-electron chi connectivity index (χ0n) is 11.9. The molecule has 0 fully saturated rings. The van der Waals surface area contributed by atoms with Crippen molar-refractivity contribution in [2.45, 2.75) is 46.3 Å². The summed E-state index contributed by atoms with van der Waals surface area (Å²) in [7, 11) is 0. The zero-order valence-corrected chi connectivity index (χ0v) is 11.9. The number of nitrogens with zero attached hydrogens (tertiary/aromatic N) is 2.